The molecule has 0 aromatic heterocycles. The lowest BCUT2D eigenvalue weighted by atomic mass is 9.76. The summed E-state index contributed by atoms with van der Waals surface area (Å²) in [7, 11) is 0. The Balaban J connectivity index is 2.07. The van der Waals surface area contributed by atoms with Crippen molar-refractivity contribution in [2.75, 3.05) is 0 Å². The molecule has 2 aromatic carbocycles. The van der Waals surface area contributed by atoms with E-state index in [2.05, 4.69) is 12.1 Å². The molecule has 1 N–H and O–H groups in total. The quantitative estimate of drug-likeness (QED) is 0.884. The molecular weight excluding hydrogens is 248 g/mol. The number of fused-ring (bicyclic) bond motifs is 1. The van der Waals surface area contributed by atoms with E-state index in [9.17, 15) is 9.90 Å². The van der Waals surface area contributed by atoms with E-state index in [-0.39, 0.29) is 11.8 Å². The van der Waals surface area contributed by atoms with Gasteiger partial charge in [0.1, 0.15) is 0 Å². The molecule has 2 aromatic rings. The highest BCUT2D eigenvalue weighted by atomic mass is 16.4. The molecule has 1 fully saturated rings. The minimum absolute atomic E-state index is 0.284. The molecule has 0 amide bonds. The van der Waals surface area contributed by atoms with Gasteiger partial charge in [-0.2, -0.15) is 0 Å². The van der Waals surface area contributed by atoms with Crippen LogP contribution in [0.25, 0.3) is 10.8 Å². The van der Waals surface area contributed by atoms with Crippen LogP contribution in [0.1, 0.15) is 43.6 Å². The van der Waals surface area contributed by atoms with Crippen LogP contribution < -0.4 is 0 Å². The van der Waals surface area contributed by atoms with Gasteiger partial charge in [-0.25, -0.2) is 0 Å². The predicted molar refractivity (Wildman–Crippen MR) is 80.9 cm³/mol. The minimum Gasteiger partial charge on any atom is -0.481 e. The molecule has 2 heteroatoms. The Bertz CT molecular complexity index is 606. The zero-order valence-corrected chi connectivity index (χ0v) is 11.6. The first kappa shape index (κ1) is 13.2. The lowest BCUT2D eigenvalue weighted by Gasteiger charge is -2.28. The molecule has 0 bridgehead atoms. The average molecular weight is 268 g/mol. The van der Waals surface area contributed by atoms with Crippen molar-refractivity contribution in [1.82, 2.24) is 0 Å². The maximum absolute atomic E-state index is 11.8. The van der Waals surface area contributed by atoms with E-state index >= 15 is 0 Å². The molecule has 0 aliphatic heterocycles. The summed E-state index contributed by atoms with van der Waals surface area (Å²) in [5.74, 6) is -0.748. The van der Waals surface area contributed by atoms with Crippen molar-refractivity contribution in [3.05, 3.63) is 48.0 Å². The van der Waals surface area contributed by atoms with Gasteiger partial charge in [0, 0.05) is 0 Å². The lowest BCUT2D eigenvalue weighted by molar-refractivity contribution is -0.140. The van der Waals surface area contributed by atoms with Gasteiger partial charge in [-0.1, -0.05) is 61.7 Å². The van der Waals surface area contributed by atoms with E-state index in [1.807, 2.05) is 30.3 Å². The van der Waals surface area contributed by atoms with Gasteiger partial charge in [0.2, 0.25) is 0 Å². The first-order chi connectivity index (χ1) is 9.77. The number of hydrogen-bond acceptors (Lipinski definition) is 1. The predicted octanol–water partition coefficient (Wildman–Crippen LogP) is 4.59. The maximum atomic E-state index is 11.8. The monoisotopic (exact) mass is 268 g/mol. The van der Waals surface area contributed by atoms with Crippen LogP contribution in [0.3, 0.4) is 0 Å². The van der Waals surface area contributed by atoms with Gasteiger partial charge in [-0.15, -0.1) is 0 Å². The van der Waals surface area contributed by atoms with Gasteiger partial charge in [-0.05, 0) is 35.1 Å². The Morgan fingerprint density at radius 2 is 1.70 bits per heavy atom. The van der Waals surface area contributed by atoms with Crippen LogP contribution in [-0.2, 0) is 4.79 Å². The van der Waals surface area contributed by atoms with Gasteiger partial charge in [0.25, 0.3) is 0 Å². The summed E-state index contributed by atoms with van der Waals surface area (Å²) in [5.41, 5.74) is 0.988. The molecular formula is C18H20O2. The number of carboxylic acids is 1. The number of aliphatic carboxylic acids is 1. The molecule has 0 heterocycles. The highest BCUT2D eigenvalue weighted by Crippen LogP contribution is 2.38. The fraction of sp³-hybridized carbons (Fsp3) is 0.389. The first-order valence-corrected chi connectivity index (χ1v) is 7.48. The molecule has 1 aliphatic carbocycles. The smallest absolute Gasteiger partial charge is 0.311 e. The van der Waals surface area contributed by atoms with Crippen molar-refractivity contribution in [1.29, 1.82) is 0 Å². The van der Waals surface area contributed by atoms with E-state index < -0.39 is 5.97 Å². The largest absolute Gasteiger partial charge is 0.481 e. The molecule has 1 unspecified atom stereocenters. The van der Waals surface area contributed by atoms with Crippen LogP contribution in [0.2, 0.25) is 0 Å². The number of rotatable bonds is 3. The SMILES string of the molecule is O=C(O)C(c1cccc2ccccc12)C1CCCCC1. The second kappa shape index (κ2) is 5.66. The summed E-state index contributed by atoms with van der Waals surface area (Å²) in [6.07, 6.45) is 5.66. The summed E-state index contributed by atoms with van der Waals surface area (Å²) < 4.78 is 0. The zero-order chi connectivity index (χ0) is 13.9. The van der Waals surface area contributed by atoms with E-state index in [4.69, 9.17) is 0 Å². The third-order valence-electron chi connectivity index (χ3n) is 4.55. The van der Waals surface area contributed by atoms with Gasteiger partial charge in [0.05, 0.1) is 5.92 Å². The van der Waals surface area contributed by atoms with Gasteiger partial charge < -0.3 is 5.11 Å². The van der Waals surface area contributed by atoms with Crippen LogP contribution >= 0.6 is 0 Å². The average Bonchev–Trinajstić information content (AvgIpc) is 2.48. The van der Waals surface area contributed by atoms with Crippen molar-refractivity contribution in [3.8, 4) is 0 Å². The Labute approximate surface area is 119 Å². The van der Waals surface area contributed by atoms with Crippen molar-refractivity contribution in [2.45, 2.75) is 38.0 Å². The molecule has 0 saturated heterocycles. The lowest BCUT2D eigenvalue weighted by Crippen LogP contribution is -2.23. The van der Waals surface area contributed by atoms with E-state index in [0.29, 0.717) is 0 Å². The molecule has 0 radical (unpaired) electrons. The summed E-state index contributed by atoms with van der Waals surface area (Å²) >= 11 is 0. The normalized spacial score (nSPS) is 18.0. The van der Waals surface area contributed by atoms with Crippen LogP contribution in [0.5, 0.6) is 0 Å². The van der Waals surface area contributed by atoms with Crippen molar-refractivity contribution < 1.29 is 9.90 Å². The van der Waals surface area contributed by atoms with Crippen molar-refractivity contribution in [2.24, 2.45) is 5.92 Å². The summed E-state index contributed by atoms with van der Waals surface area (Å²) in [6, 6.07) is 14.1. The molecule has 104 valence electrons. The highest BCUT2D eigenvalue weighted by Gasteiger charge is 2.31. The Hall–Kier alpha value is -1.83. The Morgan fingerprint density at radius 3 is 2.45 bits per heavy atom. The minimum atomic E-state index is -0.673. The molecule has 1 saturated carbocycles. The van der Waals surface area contributed by atoms with Gasteiger partial charge >= 0.3 is 5.97 Å². The molecule has 0 spiro atoms. The summed E-state index contributed by atoms with van der Waals surface area (Å²) in [5, 5.41) is 12.0. The number of carbonyl (C=O) groups is 1. The number of carboxylic acid groups (broad SMARTS) is 1. The maximum Gasteiger partial charge on any atom is 0.311 e. The first-order valence-electron chi connectivity index (χ1n) is 7.48. The standard InChI is InChI=1S/C18H20O2/c19-18(20)17(14-8-2-1-3-9-14)16-12-6-10-13-7-4-5-11-15(13)16/h4-7,10-12,14,17H,1-3,8-9H2,(H,19,20). The van der Waals surface area contributed by atoms with Crippen molar-refractivity contribution >= 4 is 16.7 Å². The molecule has 20 heavy (non-hydrogen) atoms. The van der Waals surface area contributed by atoms with E-state index in [1.165, 1.54) is 19.3 Å². The van der Waals surface area contributed by atoms with E-state index in [0.717, 1.165) is 29.2 Å². The van der Waals surface area contributed by atoms with Crippen LogP contribution in [0.15, 0.2) is 42.5 Å². The number of benzene rings is 2. The second-order valence-electron chi connectivity index (χ2n) is 5.78. The highest BCUT2D eigenvalue weighted by molar-refractivity contribution is 5.90. The summed E-state index contributed by atoms with van der Waals surface area (Å²) in [4.78, 5) is 11.8. The van der Waals surface area contributed by atoms with Gasteiger partial charge in [-0.3, -0.25) is 4.79 Å². The Morgan fingerprint density at radius 1 is 1.00 bits per heavy atom. The third kappa shape index (κ3) is 2.43. The second-order valence-corrected chi connectivity index (χ2v) is 5.78. The Kier molecular flexibility index (Phi) is 3.72. The topological polar surface area (TPSA) is 37.3 Å². The fourth-order valence-corrected chi connectivity index (χ4v) is 3.58. The van der Waals surface area contributed by atoms with Gasteiger partial charge in [0.15, 0.2) is 0 Å². The van der Waals surface area contributed by atoms with Crippen molar-refractivity contribution in [3.63, 3.8) is 0 Å². The molecule has 3 rings (SSSR count). The molecule has 1 aliphatic rings. The zero-order valence-electron chi connectivity index (χ0n) is 11.6. The van der Waals surface area contributed by atoms with Crippen LogP contribution in [-0.4, -0.2) is 11.1 Å². The van der Waals surface area contributed by atoms with Crippen LogP contribution in [0.4, 0.5) is 0 Å². The number of hydrogen-bond donors (Lipinski definition) is 1. The van der Waals surface area contributed by atoms with Crippen LogP contribution in [0, 0.1) is 5.92 Å². The summed E-state index contributed by atoms with van der Waals surface area (Å²) in [6.45, 7) is 0. The third-order valence-corrected chi connectivity index (χ3v) is 4.55. The molecule has 2 nitrogen and oxygen atoms in total. The molecule has 1 atom stereocenters. The fourth-order valence-electron chi connectivity index (χ4n) is 3.58. The van der Waals surface area contributed by atoms with E-state index in [1.54, 1.807) is 0 Å².